The Labute approximate surface area is 161 Å². The molecule has 0 aliphatic carbocycles. The second-order valence-electron chi connectivity index (χ2n) is 7.05. The van der Waals surface area contributed by atoms with E-state index in [1.54, 1.807) is 6.20 Å². The summed E-state index contributed by atoms with van der Waals surface area (Å²) in [7, 11) is 0. The second-order valence-corrected chi connectivity index (χ2v) is 7.05. The zero-order chi connectivity index (χ0) is 19.1. The van der Waals surface area contributed by atoms with Gasteiger partial charge < -0.3 is 10.3 Å². The minimum absolute atomic E-state index is 0.337. The molecule has 5 aromatic rings. The highest BCUT2D eigenvalue weighted by Crippen LogP contribution is 2.29. The molecule has 138 valence electrons. The number of pyridine rings is 3. The zero-order valence-corrected chi connectivity index (χ0v) is 15.6. The Kier molecular flexibility index (Phi) is 3.79. The third-order valence-corrected chi connectivity index (χ3v) is 4.54. The Morgan fingerprint density at radius 3 is 2.82 bits per heavy atom. The number of hydrogen-bond donors (Lipinski definition) is 3. The Morgan fingerprint density at radius 2 is 1.96 bits per heavy atom. The van der Waals surface area contributed by atoms with Crippen LogP contribution >= 0.6 is 0 Å². The fourth-order valence-corrected chi connectivity index (χ4v) is 3.32. The van der Waals surface area contributed by atoms with Gasteiger partial charge in [-0.1, -0.05) is 0 Å². The second kappa shape index (κ2) is 6.45. The van der Waals surface area contributed by atoms with Crippen LogP contribution in [0.1, 0.15) is 13.8 Å². The minimum Gasteiger partial charge on any atom is -0.382 e. The van der Waals surface area contributed by atoms with Crippen molar-refractivity contribution in [2.24, 2.45) is 0 Å². The van der Waals surface area contributed by atoms with Gasteiger partial charge in [-0.15, -0.1) is 0 Å². The van der Waals surface area contributed by atoms with Crippen LogP contribution in [0.3, 0.4) is 0 Å². The van der Waals surface area contributed by atoms with Gasteiger partial charge in [-0.2, -0.15) is 5.10 Å². The maximum absolute atomic E-state index is 4.87. The van der Waals surface area contributed by atoms with Gasteiger partial charge in [-0.05, 0) is 50.2 Å². The molecule has 3 N–H and O–H groups in total. The average Bonchev–Trinajstić information content (AvgIpc) is 3.30. The van der Waals surface area contributed by atoms with Crippen LogP contribution in [0.25, 0.3) is 44.7 Å². The van der Waals surface area contributed by atoms with Gasteiger partial charge in [0.2, 0.25) is 0 Å². The highest BCUT2D eigenvalue weighted by molar-refractivity contribution is 5.93. The molecule has 0 unspecified atom stereocenters. The third kappa shape index (κ3) is 2.87. The molecule has 7 heteroatoms. The summed E-state index contributed by atoms with van der Waals surface area (Å²) in [6, 6.07) is 12.3. The minimum atomic E-state index is 0.337. The van der Waals surface area contributed by atoms with E-state index >= 15 is 0 Å². The molecule has 0 fully saturated rings. The first-order valence-corrected chi connectivity index (χ1v) is 9.18. The molecule has 5 aromatic heterocycles. The molecule has 0 aromatic carbocycles. The largest absolute Gasteiger partial charge is 0.382 e. The standard InChI is InChI=1S/C21H19N7/c1-12(2)24-14-8-13(10-22-11-14)15-5-6-17-20(26-15)21(28-27-17)19-9-18-16(25-19)4-3-7-23-18/h3-12,24-25H,1-2H3,(H,27,28). The predicted octanol–water partition coefficient (Wildman–Crippen LogP) is 4.38. The number of anilines is 1. The Hall–Kier alpha value is -3.74. The van der Waals surface area contributed by atoms with Crippen molar-refractivity contribution in [1.29, 1.82) is 0 Å². The van der Waals surface area contributed by atoms with Crippen molar-refractivity contribution in [2.75, 3.05) is 5.32 Å². The third-order valence-electron chi connectivity index (χ3n) is 4.54. The predicted molar refractivity (Wildman–Crippen MR) is 111 cm³/mol. The summed E-state index contributed by atoms with van der Waals surface area (Å²) in [6.45, 7) is 4.20. The number of nitrogens with one attached hydrogen (secondary N) is 3. The first kappa shape index (κ1) is 16.4. The lowest BCUT2D eigenvalue weighted by atomic mass is 10.1. The normalized spacial score (nSPS) is 11.5. The van der Waals surface area contributed by atoms with Crippen LogP contribution in [-0.2, 0) is 0 Å². The number of fused-ring (bicyclic) bond motifs is 2. The molecule has 28 heavy (non-hydrogen) atoms. The molecule has 0 aliphatic rings. The molecule has 0 aliphatic heterocycles. The van der Waals surface area contributed by atoms with Crippen molar-refractivity contribution in [1.82, 2.24) is 30.1 Å². The van der Waals surface area contributed by atoms with Crippen LogP contribution in [0.5, 0.6) is 0 Å². The first-order valence-electron chi connectivity index (χ1n) is 9.18. The van der Waals surface area contributed by atoms with E-state index in [-0.39, 0.29) is 0 Å². The number of nitrogens with zero attached hydrogens (tertiary/aromatic N) is 4. The van der Waals surface area contributed by atoms with Crippen LogP contribution < -0.4 is 5.32 Å². The number of aromatic nitrogens is 6. The van der Waals surface area contributed by atoms with Crippen molar-refractivity contribution >= 4 is 27.8 Å². The van der Waals surface area contributed by atoms with Crippen LogP contribution in [0.15, 0.2) is 55.0 Å². The summed E-state index contributed by atoms with van der Waals surface area (Å²) in [5.74, 6) is 0. The van der Waals surface area contributed by atoms with Crippen LogP contribution in [0.4, 0.5) is 5.69 Å². The van der Waals surface area contributed by atoms with E-state index in [9.17, 15) is 0 Å². The van der Waals surface area contributed by atoms with Crippen molar-refractivity contribution in [3.05, 3.63) is 55.0 Å². The lowest BCUT2D eigenvalue weighted by molar-refractivity contribution is 0.898. The van der Waals surface area contributed by atoms with Gasteiger partial charge >= 0.3 is 0 Å². The van der Waals surface area contributed by atoms with Gasteiger partial charge in [0.1, 0.15) is 11.2 Å². The summed E-state index contributed by atoms with van der Waals surface area (Å²) in [5, 5.41) is 10.9. The first-order chi connectivity index (χ1) is 13.7. The van der Waals surface area contributed by atoms with E-state index in [1.165, 1.54) is 0 Å². The molecule has 5 heterocycles. The molecular weight excluding hydrogens is 350 g/mol. The molecule has 0 saturated carbocycles. The fraction of sp³-hybridized carbons (Fsp3) is 0.143. The van der Waals surface area contributed by atoms with E-state index in [2.05, 4.69) is 50.4 Å². The van der Waals surface area contributed by atoms with Crippen molar-refractivity contribution in [3.8, 4) is 22.6 Å². The molecule has 5 rings (SSSR count). The van der Waals surface area contributed by atoms with Gasteiger partial charge in [0.15, 0.2) is 0 Å². The van der Waals surface area contributed by atoms with E-state index < -0.39 is 0 Å². The lowest BCUT2D eigenvalue weighted by Gasteiger charge is -2.10. The van der Waals surface area contributed by atoms with Crippen LogP contribution in [0.2, 0.25) is 0 Å². The van der Waals surface area contributed by atoms with E-state index in [4.69, 9.17) is 4.98 Å². The van der Waals surface area contributed by atoms with Crippen molar-refractivity contribution < 1.29 is 0 Å². The van der Waals surface area contributed by atoms with Gasteiger partial charge in [0.05, 0.1) is 33.6 Å². The molecule has 0 amide bonds. The number of aromatic amines is 2. The van der Waals surface area contributed by atoms with Crippen LogP contribution in [0, 0.1) is 0 Å². The average molecular weight is 369 g/mol. The Balaban J connectivity index is 1.60. The maximum Gasteiger partial charge on any atom is 0.135 e. The quantitative estimate of drug-likeness (QED) is 0.437. The van der Waals surface area contributed by atoms with Gasteiger partial charge in [0, 0.05) is 30.2 Å². The summed E-state index contributed by atoms with van der Waals surface area (Å²) >= 11 is 0. The van der Waals surface area contributed by atoms with Crippen LogP contribution in [-0.4, -0.2) is 36.2 Å². The maximum atomic E-state index is 4.87. The van der Waals surface area contributed by atoms with Gasteiger partial charge in [-0.3, -0.25) is 15.1 Å². The highest BCUT2D eigenvalue weighted by atomic mass is 15.1. The summed E-state index contributed by atoms with van der Waals surface area (Å²) in [4.78, 5) is 17.0. The SMILES string of the molecule is CC(C)Nc1cncc(-c2ccc3[nH]nc(-c4cc5ncccc5[nH]4)c3n2)c1. The molecule has 0 radical (unpaired) electrons. The monoisotopic (exact) mass is 369 g/mol. The topological polar surface area (TPSA) is 95.2 Å². The molecule has 0 spiro atoms. The lowest BCUT2D eigenvalue weighted by Crippen LogP contribution is -2.09. The van der Waals surface area contributed by atoms with E-state index in [1.807, 2.05) is 42.7 Å². The highest BCUT2D eigenvalue weighted by Gasteiger charge is 2.14. The molecule has 0 atom stereocenters. The molecular formula is C21H19N7. The number of rotatable bonds is 4. The molecule has 7 nitrogen and oxygen atoms in total. The van der Waals surface area contributed by atoms with E-state index in [0.29, 0.717) is 6.04 Å². The van der Waals surface area contributed by atoms with Crippen molar-refractivity contribution in [3.63, 3.8) is 0 Å². The smallest absolute Gasteiger partial charge is 0.135 e. The Bertz CT molecular complexity index is 1250. The fourth-order valence-electron chi connectivity index (χ4n) is 3.32. The van der Waals surface area contributed by atoms with Gasteiger partial charge in [-0.25, -0.2) is 4.98 Å². The Morgan fingerprint density at radius 1 is 1.04 bits per heavy atom. The summed E-state index contributed by atoms with van der Waals surface area (Å²) in [6.07, 6.45) is 5.43. The van der Waals surface area contributed by atoms with Crippen molar-refractivity contribution in [2.45, 2.75) is 19.9 Å². The number of H-pyrrole nitrogens is 2. The zero-order valence-electron chi connectivity index (χ0n) is 15.6. The number of hydrogen-bond acceptors (Lipinski definition) is 5. The molecule has 0 bridgehead atoms. The molecule has 0 saturated heterocycles. The van der Waals surface area contributed by atoms with Gasteiger partial charge in [0.25, 0.3) is 0 Å². The summed E-state index contributed by atoms with van der Waals surface area (Å²) in [5.41, 5.74) is 8.02. The summed E-state index contributed by atoms with van der Waals surface area (Å²) < 4.78 is 0. The van der Waals surface area contributed by atoms with E-state index in [0.717, 1.165) is 50.4 Å².